The average molecular weight is 374 g/mol. The number of hydrogen-bond donors (Lipinski definition) is 2. The number of carbonyl (C=O) groups is 2. The summed E-state index contributed by atoms with van der Waals surface area (Å²) >= 11 is 0. The second-order valence-electron chi connectivity index (χ2n) is 8.12. The van der Waals surface area contributed by atoms with Crippen molar-refractivity contribution in [2.24, 2.45) is 5.92 Å². The lowest BCUT2D eigenvalue weighted by atomic mass is 9.77. The smallest absolute Gasteiger partial charge is 0.251 e. The van der Waals surface area contributed by atoms with Crippen LogP contribution in [-0.2, 0) is 9.59 Å². The van der Waals surface area contributed by atoms with Gasteiger partial charge in [-0.2, -0.15) is 0 Å². The Balaban J connectivity index is 1.68. The second kappa shape index (κ2) is 6.76. The molecule has 4 rings (SSSR count). The summed E-state index contributed by atoms with van der Waals surface area (Å²) in [5, 5.41) is 12.8. The van der Waals surface area contributed by atoms with E-state index in [2.05, 4.69) is 5.32 Å². The molecule has 2 saturated heterocycles. The van der Waals surface area contributed by atoms with Gasteiger partial charge in [0.1, 0.15) is 6.04 Å². The van der Waals surface area contributed by atoms with Crippen LogP contribution in [0.4, 0.5) is 0 Å². The summed E-state index contributed by atoms with van der Waals surface area (Å²) in [7, 11) is 3.38. The van der Waals surface area contributed by atoms with Gasteiger partial charge >= 0.3 is 0 Å². The molecule has 5 atom stereocenters. The lowest BCUT2D eigenvalue weighted by Crippen LogP contribution is -2.56. The van der Waals surface area contributed by atoms with Gasteiger partial charge in [0.05, 0.1) is 12.1 Å². The monoisotopic (exact) mass is 374 g/mol. The Morgan fingerprint density at radius 2 is 2.00 bits per heavy atom. The highest BCUT2D eigenvalue weighted by molar-refractivity contribution is 5.83. The molecule has 0 saturated carbocycles. The Morgan fingerprint density at radius 1 is 1.22 bits per heavy atom. The van der Waals surface area contributed by atoms with Crippen molar-refractivity contribution in [2.75, 3.05) is 33.7 Å². The number of nitrogens with one attached hydrogen (secondary N) is 1. The van der Waals surface area contributed by atoms with Crippen LogP contribution in [0, 0.1) is 5.92 Å². The molecule has 4 heterocycles. The Bertz CT molecular complexity index is 820. The number of aromatic nitrogens is 1. The van der Waals surface area contributed by atoms with Gasteiger partial charge in [-0.1, -0.05) is 6.07 Å². The van der Waals surface area contributed by atoms with Crippen molar-refractivity contribution in [3.05, 3.63) is 34.2 Å². The number of likely N-dealkylation sites (N-methyl/N-ethyl adjacent to an activating group) is 1. The van der Waals surface area contributed by atoms with E-state index < -0.39 is 12.1 Å². The van der Waals surface area contributed by atoms with Crippen LogP contribution >= 0.6 is 0 Å². The number of amides is 2. The van der Waals surface area contributed by atoms with Gasteiger partial charge < -0.3 is 20.2 Å². The van der Waals surface area contributed by atoms with Gasteiger partial charge in [0.2, 0.25) is 11.8 Å². The molecule has 0 radical (unpaired) electrons. The molecule has 2 amide bonds. The van der Waals surface area contributed by atoms with Crippen LogP contribution in [0.15, 0.2) is 23.0 Å². The van der Waals surface area contributed by atoms with Crippen LogP contribution in [0.1, 0.15) is 30.5 Å². The number of aliphatic hydroxyl groups excluding tert-OH is 1. The van der Waals surface area contributed by atoms with Crippen molar-refractivity contribution in [3.63, 3.8) is 0 Å². The zero-order valence-corrected chi connectivity index (χ0v) is 15.7. The normalized spacial score (nSPS) is 32.1. The average Bonchev–Trinajstić information content (AvgIpc) is 3.08. The third-order valence-electron chi connectivity index (χ3n) is 6.06. The van der Waals surface area contributed by atoms with E-state index in [0.717, 1.165) is 12.1 Å². The maximum Gasteiger partial charge on any atom is 0.251 e. The maximum atomic E-state index is 13.0. The van der Waals surface area contributed by atoms with Crippen LogP contribution < -0.4 is 10.9 Å². The van der Waals surface area contributed by atoms with Crippen LogP contribution in [0.25, 0.3) is 0 Å². The molecule has 146 valence electrons. The molecule has 2 N–H and O–H groups in total. The molecular formula is C19H26N4O4. The van der Waals surface area contributed by atoms with E-state index in [1.165, 1.54) is 11.0 Å². The first-order chi connectivity index (χ1) is 12.9. The van der Waals surface area contributed by atoms with Gasteiger partial charge in [0.15, 0.2) is 0 Å². The summed E-state index contributed by atoms with van der Waals surface area (Å²) in [6.45, 7) is 1.42. The fourth-order valence-electron chi connectivity index (χ4n) is 4.82. The SMILES string of the molecule is CN(C)C(=O)[C@H]1[C@H]2C[C@H](CN(C(=O)[C@@H]3C[C@@H](O)CN3)C2)c2cccc(=O)n21. The molecular weight excluding hydrogens is 348 g/mol. The lowest BCUT2D eigenvalue weighted by molar-refractivity contribution is -0.141. The van der Waals surface area contributed by atoms with Gasteiger partial charge in [0.25, 0.3) is 5.56 Å². The van der Waals surface area contributed by atoms with E-state index in [4.69, 9.17) is 0 Å². The predicted octanol–water partition coefficient (Wildman–Crippen LogP) is -0.854. The number of likely N-dealkylation sites (tertiary alicyclic amines) is 1. The number of fused-ring (bicyclic) bond motifs is 4. The quantitative estimate of drug-likeness (QED) is 0.703. The minimum atomic E-state index is -0.585. The van der Waals surface area contributed by atoms with E-state index in [1.54, 1.807) is 24.7 Å². The lowest BCUT2D eigenvalue weighted by Gasteiger charge is -2.47. The summed E-state index contributed by atoms with van der Waals surface area (Å²) < 4.78 is 1.64. The van der Waals surface area contributed by atoms with Gasteiger partial charge in [-0.25, -0.2) is 0 Å². The molecule has 0 aliphatic carbocycles. The van der Waals surface area contributed by atoms with Crippen molar-refractivity contribution in [1.82, 2.24) is 19.7 Å². The predicted molar refractivity (Wildman–Crippen MR) is 98.3 cm³/mol. The van der Waals surface area contributed by atoms with E-state index in [9.17, 15) is 19.5 Å². The molecule has 1 aromatic rings. The number of piperidine rings is 1. The summed E-state index contributed by atoms with van der Waals surface area (Å²) in [6.07, 6.45) is 0.713. The van der Waals surface area contributed by atoms with Gasteiger partial charge in [-0.05, 0) is 18.9 Å². The van der Waals surface area contributed by atoms with Crippen molar-refractivity contribution in [3.8, 4) is 0 Å². The number of β-amino-alcohol motifs (C(OH)–C–C–N with tert-alkyl or cyclic N) is 1. The zero-order valence-electron chi connectivity index (χ0n) is 15.7. The molecule has 0 aromatic carbocycles. The minimum absolute atomic E-state index is 0.0240. The van der Waals surface area contributed by atoms with Gasteiger partial charge in [-0.3, -0.25) is 19.0 Å². The molecule has 8 nitrogen and oxygen atoms in total. The van der Waals surface area contributed by atoms with Gasteiger partial charge in [0, 0.05) is 57.3 Å². The fourth-order valence-corrected chi connectivity index (χ4v) is 4.82. The van der Waals surface area contributed by atoms with Crippen LogP contribution in [0.5, 0.6) is 0 Å². The molecule has 1 aromatic heterocycles. The molecule has 0 spiro atoms. The highest BCUT2D eigenvalue weighted by atomic mass is 16.3. The molecule has 8 heteroatoms. The van der Waals surface area contributed by atoms with Crippen molar-refractivity contribution in [2.45, 2.75) is 36.9 Å². The third kappa shape index (κ3) is 3.06. The van der Waals surface area contributed by atoms with E-state index >= 15 is 0 Å². The first-order valence-electron chi connectivity index (χ1n) is 9.49. The van der Waals surface area contributed by atoms with E-state index in [-0.39, 0.29) is 35.3 Å². The standard InChI is InChI=1S/C19H26N4O4/c1-21(2)19(27)17-12-6-11(15-4-3-5-16(25)23(15)17)9-22(10-12)18(26)14-7-13(24)8-20-14/h3-5,11-14,17,20,24H,6-10H2,1-2H3/t11-,12+,13-,14+,17-/m1/s1. The van der Waals surface area contributed by atoms with Crippen molar-refractivity contribution in [1.29, 1.82) is 0 Å². The number of pyridine rings is 1. The molecule has 3 aliphatic rings. The summed E-state index contributed by atoms with van der Waals surface area (Å²) in [4.78, 5) is 41.8. The topological polar surface area (TPSA) is 94.9 Å². The number of rotatable bonds is 2. The second-order valence-corrected chi connectivity index (χ2v) is 8.12. The highest BCUT2D eigenvalue weighted by Gasteiger charge is 2.46. The summed E-state index contributed by atoms with van der Waals surface area (Å²) in [5.74, 6) is -0.193. The van der Waals surface area contributed by atoms with Gasteiger partial charge in [-0.15, -0.1) is 0 Å². The Hall–Kier alpha value is -2.19. The number of carbonyl (C=O) groups excluding carboxylic acids is 2. The van der Waals surface area contributed by atoms with Crippen molar-refractivity contribution < 1.29 is 14.7 Å². The third-order valence-corrected chi connectivity index (χ3v) is 6.06. The number of hydrogen-bond acceptors (Lipinski definition) is 5. The Kier molecular flexibility index (Phi) is 4.55. The largest absolute Gasteiger partial charge is 0.392 e. The molecule has 0 unspecified atom stereocenters. The molecule has 3 aliphatic heterocycles. The van der Waals surface area contributed by atoms with Crippen molar-refractivity contribution >= 4 is 11.8 Å². The van der Waals surface area contributed by atoms with Crippen LogP contribution in [0.2, 0.25) is 0 Å². The first kappa shape index (κ1) is 18.2. The fraction of sp³-hybridized carbons (Fsp3) is 0.632. The number of aliphatic hydroxyl groups is 1. The number of nitrogens with zero attached hydrogens (tertiary/aromatic N) is 3. The van der Waals surface area contributed by atoms with Crippen LogP contribution in [0.3, 0.4) is 0 Å². The minimum Gasteiger partial charge on any atom is -0.392 e. The van der Waals surface area contributed by atoms with E-state index in [0.29, 0.717) is 26.1 Å². The highest BCUT2D eigenvalue weighted by Crippen LogP contribution is 2.41. The maximum absolute atomic E-state index is 13.0. The summed E-state index contributed by atoms with van der Waals surface area (Å²) in [5.41, 5.74) is 0.665. The molecule has 27 heavy (non-hydrogen) atoms. The molecule has 2 bridgehead atoms. The van der Waals surface area contributed by atoms with E-state index in [1.807, 2.05) is 11.0 Å². The van der Waals surface area contributed by atoms with Crippen LogP contribution in [-0.4, -0.2) is 77.2 Å². The Labute approximate surface area is 157 Å². The Morgan fingerprint density at radius 3 is 2.67 bits per heavy atom. The first-order valence-corrected chi connectivity index (χ1v) is 9.49. The summed E-state index contributed by atoms with van der Waals surface area (Å²) in [6, 6.07) is 4.15. The zero-order chi connectivity index (χ0) is 19.3. The molecule has 2 fully saturated rings.